The van der Waals surface area contributed by atoms with E-state index in [0.29, 0.717) is 12.5 Å². The number of hydrogen-bond donors (Lipinski definition) is 2. The highest BCUT2D eigenvalue weighted by molar-refractivity contribution is 7.89. The van der Waals surface area contributed by atoms with Gasteiger partial charge in [-0.1, -0.05) is 12.8 Å². The quantitative estimate of drug-likeness (QED) is 0.835. The van der Waals surface area contributed by atoms with Gasteiger partial charge in [-0.3, -0.25) is 4.68 Å². The van der Waals surface area contributed by atoms with E-state index in [4.69, 9.17) is 5.73 Å². The molecule has 0 aromatic carbocycles. The molecular formula is C11H21ClN4O2S. The van der Waals surface area contributed by atoms with E-state index in [1.807, 2.05) is 0 Å². The summed E-state index contributed by atoms with van der Waals surface area (Å²) in [7, 11) is -1.91. The van der Waals surface area contributed by atoms with Crippen LogP contribution in [0.25, 0.3) is 0 Å². The number of sulfonamides is 1. The predicted molar refractivity (Wildman–Crippen MR) is 75.6 cm³/mol. The van der Waals surface area contributed by atoms with E-state index in [1.165, 1.54) is 16.9 Å². The minimum atomic E-state index is -3.53. The molecule has 2 rings (SSSR count). The van der Waals surface area contributed by atoms with E-state index in [2.05, 4.69) is 9.82 Å². The molecule has 1 unspecified atom stereocenters. The summed E-state index contributed by atoms with van der Waals surface area (Å²) in [6.07, 6.45) is 5.90. The van der Waals surface area contributed by atoms with E-state index in [1.54, 1.807) is 7.05 Å². The molecule has 8 heteroatoms. The summed E-state index contributed by atoms with van der Waals surface area (Å²) in [5.41, 5.74) is 5.70. The van der Waals surface area contributed by atoms with Crippen LogP contribution in [0.4, 0.5) is 0 Å². The second-order valence-corrected chi connectivity index (χ2v) is 6.46. The Balaban J connectivity index is 0.00000180. The maximum Gasteiger partial charge on any atom is 0.258 e. The standard InChI is InChI=1S/C11H20N4O2S.ClH/c1-15-11(6-7-13-15)18(16,17)14-10(8-12)9-4-2-3-5-9;/h6-7,9-10,14H,2-5,8,12H2,1H3;1H. The Morgan fingerprint density at radius 1 is 1.53 bits per heavy atom. The highest BCUT2D eigenvalue weighted by Crippen LogP contribution is 2.28. The van der Waals surface area contributed by atoms with Crippen LogP contribution in [-0.4, -0.2) is 30.8 Å². The first kappa shape index (κ1) is 16.4. The Hall–Kier alpha value is -0.630. The Kier molecular flexibility index (Phi) is 5.79. The number of nitrogens with one attached hydrogen (secondary N) is 1. The maximum atomic E-state index is 12.2. The Morgan fingerprint density at radius 3 is 2.63 bits per heavy atom. The van der Waals surface area contributed by atoms with Gasteiger partial charge in [0.05, 0.1) is 6.20 Å². The van der Waals surface area contributed by atoms with E-state index >= 15 is 0 Å². The summed E-state index contributed by atoms with van der Waals surface area (Å²) in [5, 5.41) is 4.06. The van der Waals surface area contributed by atoms with Crippen LogP contribution in [0.2, 0.25) is 0 Å². The van der Waals surface area contributed by atoms with Crippen molar-refractivity contribution in [2.24, 2.45) is 18.7 Å². The van der Waals surface area contributed by atoms with Gasteiger partial charge in [0.2, 0.25) is 0 Å². The smallest absolute Gasteiger partial charge is 0.258 e. The van der Waals surface area contributed by atoms with Crippen molar-refractivity contribution >= 4 is 22.4 Å². The van der Waals surface area contributed by atoms with Gasteiger partial charge in [0.1, 0.15) is 0 Å². The summed E-state index contributed by atoms with van der Waals surface area (Å²) < 4.78 is 28.5. The van der Waals surface area contributed by atoms with Crippen molar-refractivity contribution in [3.8, 4) is 0 Å². The van der Waals surface area contributed by atoms with Crippen LogP contribution in [0.5, 0.6) is 0 Å². The topological polar surface area (TPSA) is 90.0 Å². The van der Waals surface area contributed by atoms with Crippen LogP contribution in [0.1, 0.15) is 25.7 Å². The van der Waals surface area contributed by atoms with Gasteiger partial charge in [-0.05, 0) is 24.8 Å². The maximum absolute atomic E-state index is 12.2. The van der Waals surface area contributed by atoms with Crippen molar-refractivity contribution < 1.29 is 8.42 Å². The van der Waals surface area contributed by atoms with Gasteiger partial charge < -0.3 is 5.73 Å². The molecule has 6 nitrogen and oxygen atoms in total. The molecule has 0 amide bonds. The lowest BCUT2D eigenvalue weighted by molar-refractivity contribution is 0.404. The molecule has 1 saturated carbocycles. The van der Waals surface area contributed by atoms with Gasteiger partial charge >= 0.3 is 0 Å². The van der Waals surface area contributed by atoms with Crippen LogP contribution in [0, 0.1) is 5.92 Å². The van der Waals surface area contributed by atoms with Crippen molar-refractivity contribution in [2.75, 3.05) is 6.54 Å². The second-order valence-electron chi connectivity index (χ2n) is 4.80. The van der Waals surface area contributed by atoms with Gasteiger partial charge in [0, 0.05) is 19.6 Å². The molecule has 1 aromatic rings. The third-order valence-electron chi connectivity index (χ3n) is 3.58. The molecule has 1 aliphatic rings. The summed E-state index contributed by atoms with van der Waals surface area (Å²) in [6, 6.07) is 1.32. The second kappa shape index (κ2) is 6.69. The zero-order valence-electron chi connectivity index (χ0n) is 10.9. The molecule has 110 valence electrons. The number of aromatic nitrogens is 2. The Morgan fingerprint density at radius 2 is 2.16 bits per heavy atom. The summed E-state index contributed by atoms with van der Waals surface area (Å²) in [6.45, 7) is 0.335. The zero-order valence-corrected chi connectivity index (χ0v) is 12.6. The molecule has 1 aromatic heterocycles. The monoisotopic (exact) mass is 308 g/mol. The molecule has 1 aliphatic carbocycles. The van der Waals surface area contributed by atoms with Crippen molar-refractivity contribution in [3.05, 3.63) is 12.3 Å². The van der Waals surface area contributed by atoms with Crippen LogP contribution in [0.3, 0.4) is 0 Å². The normalized spacial score (nSPS) is 18.2. The van der Waals surface area contributed by atoms with Gasteiger partial charge in [-0.25, -0.2) is 13.1 Å². The molecule has 0 radical (unpaired) electrons. The fraction of sp³-hybridized carbons (Fsp3) is 0.727. The third kappa shape index (κ3) is 3.68. The van der Waals surface area contributed by atoms with E-state index in [-0.39, 0.29) is 23.5 Å². The largest absolute Gasteiger partial charge is 0.329 e. The molecule has 0 saturated heterocycles. The average Bonchev–Trinajstić information content (AvgIpc) is 2.96. The van der Waals surface area contributed by atoms with Crippen molar-refractivity contribution in [2.45, 2.75) is 36.8 Å². The first-order chi connectivity index (χ1) is 8.54. The lowest BCUT2D eigenvalue weighted by atomic mass is 9.99. The molecular weight excluding hydrogens is 288 g/mol. The molecule has 3 N–H and O–H groups in total. The van der Waals surface area contributed by atoms with E-state index < -0.39 is 10.0 Å². The lowest BCUT2D eigenvalue weighted by Crippen LogP contribution is -2.44. The van der Waals surface area contributed by atoms with Crippen molar-refractivity contribution in [3.63, 3.8) is 0 Å². The van der Waals surface area contributed by atoms with Crippen LogP contribution >= 0.6 is 12.4 Å². The first-order valence-electron chi connectivity index (χ1n) is 6.25. The SMILES string of the molecule is Cl.Cn1nccc1S(=O)(=O)NC(CN)C1CCCC1. The Labute approximate surface area is 120 Å². The zero-order chi connectivity index (χ0) is 13.2. The molecule has 1 fully saturated rings. The fourth-order valence-corrected chi connectivity index (χ4v) is 4.02. The van der Waals surface area contributed by atoms with Crippen LogP contribution in [-0.2, 0) is 17.1 Å². The molecule has 1 atom stereocenters. The highest BCUT2D eigenvalue weighted by atomic mass is 35.5. The first-order valence-corrected chi connectivity index (χ1v) is 7.73. The number of nitrogens with two attached hydrogens (primary N) is 1. The van der Waals surface area contributed by atoms with Gasteiger partial charge in [0.15, 0.2) is 5.03 Å². The van der Waals surface area contributed by atoms with Crippen molar-refractivity contribution in [1.29, 1.82) is 0 Å². The number of nitrogens with zero attached hydrogens (tertiary/aromatic N) is 2. The summed E-state index contributed by atoms with van der Waals surface area (Å²) >= 11 is 0. The third-order valence-corrected chi connectivity index (χ3v) is 5.14. The number of rotatable bonds is 5. The molecule has 0 spiro atoms. The molecule has 0 aliphatic heterocycles. The van der Waals surface area contributed by atoms with E-state index in [9.17, 15) is 8.42 Å². The Bertz CT molecular complexity index is 497. The van der Waals surface area contributed by atoms with E-state index in [0.717, 1.165) is 25.7 Å². The van der Waals surface area contributed by atoms with Gasteiger partial charge in [-0.2, -0.15) is 5.10 Å². The average molecular weight is 309 g/mol. The number of halogens is 1. The lowest BCUT2D eigenvalue weighted by Gasteiger charge is -2.22. The molecule has 1 heterocycles. The predicted octanol–water partition coefficient (Wildman–Crippen LogP) is 0.638. The number of aryl methyl sites for hydroxylation is 1. The van der Waals surface area contributed by atoms with Crippen molar-refractivity contribution in [1.82, 2.24) is 14.5 Å². The summed E-state index contributed by atoms with van der Waals surface area (Å²) in [5.74, 6) is 0.359. The van der Waals surface area contributed by atoms with Gasteiger partial charge in [0.25, 0.3) is 10.0 Å². The fourth-order valence-electron chi connectivity index (χ4n) is 2.58. The van der Waals surface area contributed by atoms with Crippen LogP contribution in [0.15, 0.2) is 17.3 Å². The molecule has 0 bridgehead atoms. The number of hydrogen-bond acceptors (Lipinski definition) is 4. The van der Waals surface area contributed by atoms with Crippen LogP contribution < -0.4 is 10.5 Å². The highest BCUT2D eigenvalue weighted by Gasteiger charge is 2.29. The summed E-state index contributed by atoms with van der Waals surface area (Å²) in [4.78, 5) is 0. The minimum absolute atomic E-state index is 0. The molecule has 19 heavy (non-hydrogen) atoms. The van der Waals surface area contributed by atoms with Gasteiger partial charge in [-0.15, -0.1) is 12.4 Å². The minimum Gasteiger partial charge on any atom is -0.329 e.